The van der Waals surface area contributed by atoms with Crippen molar-refractivity contribution in [3.05, 3.63) is 48.0 Å². The van der Waals surface area contributed by atoms with Crippen LogP contribution in [0.2, 0.25) is 0 Å². The minimum atomic E-state index is -4.19. The van der Waals surface area contributed by atoms with E-state index in [9.17, 15) is 26.4 Å². The lowest BCUT2D eigenvalue weighted by molar-refractivity contribution is -0.138. The third-order valence-corrected chi connectivity index (χ3v) is 8.76. The fraction of sp³-hybridized carbons (Fsp3) is 0.500. The molecule has 6 nitrogen and oxygen atoms in total. The van der Waals surface area contributed by atoms with Crippen LogP contribution < -0.4 is 0 Å². The number of alkyl halides is 2. The van der Waals surface area contributed by atoms with E-state index in [4.69, 9.17) is 0 Å². The van der Waals surface area contributed by atoms with Gasteiger partial charge in [-0.3, -0.25) is 9.78 Å². The maximum absolute atomic E-state index is 14.6. The molecule has 184 valence electrons. The van der Waals surface area contributed by atoms with Crippen LogP contribution in [0.15, 0.2) is 41.4 Å². The minimum Gasteiger partial charge on any atom is -0.341 e. The van der Waals surface area contributed by atoms with Crippen LogP contribution in [0.25, 0.3) is 11.1 Å². The molecule has 10 heteroatoms. The SMILES string of the molecule is Cc1cc(-c2ccccc2F)c(S(=O)(=O)N2CCC[C@H]2C(=O)N(C)C2CCC(F)(F)CC2)cn1. The van der Waals surface area contributed by atoms with Gasteiger partial charge in [0.15, 0.2) is 0 Å². The summed E-state index contributed by atoms with van der Waals surface area (Å²) >= 11 is 0. The second kappa shape index (κ2) is 9.30. The summed E-state index contributed by atoms with van der Waals surface area (Å²) in [7, 11) is -2.64. The number of pyridine rings is 1. The number of benzene rings is 1. The zero-order valence-electron chi connectivity index (χ0n) is 19.2. The molecule has 0 unspecified atom stereocenters. The van der Waals surface area contributed by atoms with E-state index < -0.39 is 33.7 Å². The summed E-state index contributed by atoms with van der Waals surface area (Å²) in [5, 5.41) is 0. The van der Waals surface area contributed by atoms with Crippen LogP contribution in [0, 0.1) is 12.7 Å². The van der Waals surface area contributed by atoms with E-state index in [0.717, 1.165) is 4.31 Å². The van der Waals surface area contributed by atoms with Crippen molar-refractivity contribution in [2.75, 3.05) is 13.6 Å². The quantitative estimate of drug-likeness (QED) is 0.617. The number of likely N-dealkylation sites (N-methyl/N-ethyl adjacent to an activating group) is 1. The molecule has 0 N–H and O–H groups in total. The molecule has 2 fully saturated rings. The van der Waals surface area contributed by atoms with Crippen LogP contribution >= 0.6 is 0 Å². The van der Waals surface area contributed by atoms with Crippen LogP contribution in [0.3, 0.4) is 0 Å². The average Bonchev–Trinajstić information content (AvgIpc) is 3.29. The number of carbonyl (C=O) groups is 1. The number of hydrogen-bond donors (Lipinski definition) is 0. The lowest BCUT2D eigenvalue weighted by Crippen LogP contribution is -2.50. The van der Waals surface area contributed by atoms with E-state index in [1.54, 1.807) is 20.0 Å². The average molecular weight is 496 g/mol. The molecule has 1 saturated carbocycles. The van der Waals surface area contributed by atoms with Gasteiger partial charge >= 0.3 is 0 Å². The van der Waals surface area contributed by atoms with Crippen molar-refractivity contribution in [2.24, 2.45) is 0 Å². The summed E-state index contributed by atoms with van der Waals surface area (Å²) < 4.78 is 70.3. The number of amides is 1. The van der Waals surface area contributed by atoms with E-state index >= 15 is 0 Å². The fourth-order valence-electron chi connectivity index (χ4n) is 4.87. The van der Waals surface area contributed by atoms with E-state index in [1.165, 1.54) is 35.4 Å². The van der Waals surface area contributed by atoms with Gasteiger partial charge in [-0.05, 0) is 44.7 Å². The Morgan fingerprint density at radius 2 is 1.82 bits per heavy atom. The Hall–Kier alpha value is -2.46. The highest BCUT2D eigenvalue weighted by Crippen LogP contribution is 2.37. The lowest BCUT2D eigenvalue weighted by Gasteiger charge is -2.37. The Kier molecular flexibility index (Phi) is 6.74. The van der Waals surface area contributed by atoms with Gasteiger partial charge in [0.25, 0.3) is 0 Å². The number of sulfonamides is 1. The van der Waals surface area contributed by atoms with Crippen molar-refractivity contribution in [3.8, 4) is 11.1 Å². The maximum atomic E-state index is 14.6. The van der Waals surface area contributed by atoms with Crippen LogP contribution in [0.5, 0.6) is 0 Å². The van der Waals surface area contributed by atoms with Gasteiger partial charge in [0.2, 0.25) is 21.9 Å². The molecule has 0 bridgehead atoms. The minimum absolute atomic E-state index is 0.133. The highest BCUT2D eigenvalue weighted by Gasteiger charge is 2.44. The highest BCUT2D eigenvalue weighted by molar-refractivity contribution is 7.89. The summed E-state index contributed by atoms with van der Waals surface area (Å²) in [4.78, 5) is 18.7. The Morgan fingerprint density at radius 1 is 1.15 bits per heavy atom. The first-order valence-electron chi connectivity index (χ1n) is 11.4. The first kappa shape index (κ1) is 24.7. The van der Waals surface area contributed by atoms with Crippen molar-refractivity contribution in [3.63, 3.8) is 0 Å². The lowest BCUT2D eigenvalue weighted by atomic mass is 9.91. The van der Waals surface area contributed by atoms with E-state index in [2.05, 4.69) is 4.98 Å². The molecular formula is C24H28F3N3O3S. The van der Waals surface area contributed by atoms with Crippen LogP contribution in [0.1, 0.15) is 44.2 Å². The number of aromatic nitrogens is 1. The van der Waals surface area contributed by atoms with Gasteiger partial charge < -0.3 is 4.90 Å². The molecule has 2 aliphatic rings. The monoisotopic (exact) mass is 495 g/mol. The first-order valence-corrected chi connectivity index (χ1v) is 12.8. The molecule has 2 heterocycles. The van der Waals surface area contributed by atoms with E-state index in [0.29, 0.717) is 18.5 Å². The number of hydrogen-bond acceptors (Lipinski definition) is 4. The highest BCUT2D eigenvalue weighted by atomic mass is 32.2. The Labute approximate surface area is 197 Å². The van der Waals surface area contributed by atoms with E-state index in [1.807, 2.05) is 0 Å². The zero-order chi connectivity index (χ0) is 24.7. The van der Waals surface area contributed by atoms with Crippen molar-refractivity contribution < 1.29 is 26.4 Å². The molecule has 4 rings (SSSR count). The fourth-order valence-corrected chi connectivity index (χ4v) is 6.66. The molecule has 1 aromatic carbocycles. The number of aryl methyl sites for hydroxylation is 1. The second-order valence-corrected chi connectivity index (χ2v) is 11.0. The molecule has 1 saturated heterocycles. The second-order valence-electron chi connectivity index (χ2n) is 9.11. The molecule has 1 aliphatic heterocycles. The molecule has 1 aromatic heterocycles. The predicted octanol–water partition coefficient (Wildman–Crippen LogP) is 4.39. The molecule has 1 atom stereocenters. The smallest absolute Gasteiger partial charge is 0.248 e. The third-order valence-electron chi connectivity index (χ3n) is 6.83. The summed E-state index contributed by atoms with van der Waals surface area (Å²) in [6.45, 7) is 1.82. The maximum Gasteiger partial charge on any atom is 0.248 e. The standard InChI is InChI=1S/C24H28F3N3O3S/c1-16-14-19(18-6-3-4-7-20(18)25)22(15-28-16)34(32,33)30-13-5-8-21(30)23(31)29(2)17-9-11-24(26,27)12-10-17/h3-4,6-7,14-15,17,21H,5,8-13H2,1-2H3/t21-/m0/s1. The number of rotatable bonds is 5. The molecule has 0 radical (unpaired) electrons. The molecule has 34 heavy (non-hydrogen) atoms. The Balaban J connectivity index is 1.64. The van der Waals surface area contributed by atoms with Crippen LogP contribution in [-0.2, 0) is 14.8 Å². The third kappa shape index (κ3) is 4.70. The summed E-state index contributed by atoms with van der Waals surface area (Å²) in [6.07, 6.45) is 1.80. The number of nitrogens with zero attached hydrogens (tertiary/aromatic N) is 3. The van der Waals surface area contributed by atoms with Gasteiger partial charge in [-0.15, -0.1) is 0 Å². The normalized spacial score (nSPS) is 21.5. The van der Waals surface area contributed by atoms with Crippen molar-refractivity contribution in [1.82, 2.24) is 14.2 Å². The van der Waals surface area contributed by atoms with Gasteiger partial charge in [-0.25, -0.2) is 21.6 Å². The molecular weight excluding hydrogens is 467 g/mol. The van der Waals surface area contributed by atoms with Crippen molar-refractivity contribution in [2.45, 2.75) is 68.4 Å². The molecule has 1 amide bonds. The van der Waals surface area contributed by atoms with Gasteiger partial charge in [0, 0.05) is 55.5 Å². The van der Waals surface area contributed by atoms with Crippen LogP contribution in [0.4, 0.5) is 13.2 Å². The summed E-state index contributed by atoms with van der Waals surface area (Å²) in [5.74, 6) is -3.68. The van der Waals surface area contributed by atoms with Crippen molar-refractivity contribution in [1.29, 1.82) is 0 Å². The largest absolute Gasteiger partial charge is 0.341 e. The topological polar surface area (TPSA) is 70.6 Å². The van der Waals surface area contributed by atoms with Gasteiger partial charge in [0.1, 0.15) is 16.8 Å². The Bertz CT molecular complexity index is 1180. The summed E-state index contributed by atoms with van der Waals surface area (Å²) in [5.41, 5.74) is 0.848. The van der Waals surface area contributed by atoms with Gasteiger partial charge in [0.05, 0.1) is 0 Å². The van der Waals surface area contributed by atoms with E-state index in [-0.39, 0.29) is 54.3 Å². The number of halogens is 3. The summed E-state index contributed by atoms with van der Waals surface area (Å²) in [6, 6.07) is 6.13. The van der Waals surface area contributed by atoms with Crippen LogP contribution in [-0.4, -0.2) is 60.1 Å². The molecule has 1 aliphatic carbocycles. The molecule has 0 spiro atoms. The zero-order valence-corrected chi connectivity index (χ0v) is 20.0. The first-order chi connectivity index (χ1) is 16.0. The predicted molar refractivity (Wildman–Crippen MR) is 121 cm³/mol. The van der Waals surface area contributed by atoms with Crippen molar-refractivity contribution >= 4 is 15.9 Å². The Morgan fingerprint density at radius 3 is 2.50 bits per heavy atom. The number of carbonyl (C=O) groups excluding carboxylic acids is 1. The van der Waals surface area contributed by atoms with Gasteiger partial charge in [-0.2, -0.15) is 4.31 Å². The molecule has 2 aromatic rings. The van der Waals surface area contributed by atoms with Gasteiger partial charge in [-0.1, -0.05) is 18.2 Å².